The van der Waals surface area contributed by atoms with Gasteiger partial charge in [-0.15, -0.1) is 22.7 Å². The molecule has 0 radical (unpaired) electrons. The SMILES string of the molecule is O/C(=C\C(NNc1ccccc1)c1cccs1)c1ccc(OCCCOc2ccc(/C(O)=C/C(NNc3ccccc3)c3cccs3)cc2)cc1. The number of rotatable bonds is 18. The molecule has 2 aromatic heterocycles. The number of thiophene rings is 2. The number of aliphatic hydroxyl groups excluding tert-OH is 2. The normalized spacial score (nSPS) is 12.9. The highest BCUT2D eigenvalue weighted by Crippen LogP contribution is 2.27. The molecule has 2 atom stereocenters. The van der Waals surface area contributed by atoms with Gasteiger partial charge in [0.15, 0.2) is 0 Å². The Morgan fingerprint density at radius 2 is 0.941 bits per heavy atom. The van der Waals surface area contributed by atoms with E-state index in [9.17, 15) is 10.2 Å². The van der Waals surface area contributed by atoms with Crippen molar-refractivity contribution >= 4 is 45.6 Å². The molecule has 10 heteroatoms. The van der Waals surface area contributed by atoms with Gasteiger partial charge in [0.05, 0.1) is 25.3 Å². The van der Waals surface area contributed by atoms with Crippen molar-refractivity contribution in [3.05, 3.63) is 177 Å². The molecule has 51 heavy (non-hydrogen) atoms. The van der Waals surface area contributed by atoms with Crippen LogP contribution in [-0.4, -0.2) is 23.4 Å². The molecule has 0 saturated carbocycles. The lowest BCUT2D eigenvalue weighted by Gasteiger charge is -2.16. The van der Waals surface area contributed by atoms with Crippen molar-refractivity contribution in [3.63, 3.8) is 0 Å². The molecule has 0 aliphatic rings. The van der Waals surface area contributed by atoms with Crippen LogP contribution in [0.15, 0.2) is 156 Å². The standard InChI is InChI=1S/C41H40N4O4S2/c46-38(28-36(40-14-7-26-50-40)44-42-32-10-3-1-4-11-32)30-16-20-34(21-17-30)48-24-9-25-49-35-22-18-31(19-23-35)39(47)29-37(41-15-8-27-51-41)45-43-33-12-5-2-6-13-33/h1-8,10-23,26-29,36-37,42-47H,9,24-25H2/b38-28-,39-29-. The zero-order chi connectivity index (χ0) is 35.1. The van der Waals surface area contributed by atoms with E-state index in [-0.39, 0.29) is 23.6 Å². The van der Waals surface area contributed by atoms with Gasteiger partial charge in [0, 0.05) is 38.7 Å². The van der Waals surface area contributed by atoms with Crippen LogP contribution in [0.5, 0.6) is 11.5 Å². The molecular formula is C41H40N4O4S2. The number of hydrazine groups is 2. The third-order valence-electron chi connectivity index (χ3n) is 7.77. The number of hydrogen-bond donors (Lipinski definition) is 6. The van der Waals surface area contributed by atoms with E-state index in [4.69, 9.17) is 9.47 Å². The lowest BCUT2D eigenvalue weighted by atomic mass is 10.1. The van der Waals surface area contributed by atoms with Gasteiger partial charge in [0.1, 0.15) is 23.0 Å². The van der Waals surface area contributed by atoms with Gasteiger partial charge in [-0.2, -0.15) is 0 Å². The fraction of sp³-hybridized carbons (Fsp3) is 0.122. The molecule has 260 valence electrons. The Hall–Kier alpha value is -5.52. The van der Waals surface area contributed by atoms with Gasteiger partial charge in [-0.1, -0.05) is 48.5 Å². The Kier molecular flexibility index (Phi) is 12.8. The van der Waals surface area contributed by atoms with E-state index < -0.39 is 0 Å². The van der Waals surface area contributed by atoms with Crippen molar-refractivity contribution in [2.75, 3.05) is 24.1 Å². The van der Waals surface area contributed by atoms with Crippen LogP contribution >= 0.6 is 22.7 Å². The maximum absolute atomic E-state index is 10.9. The number of anilines is 2. The minimum absolute atomic E-state index is 0.171. The van der Waals surface area contributed by atoms with E-state index in [0.717, 1.165) is 21.1 Å². The smallest absolute Gasteiger partial charge is 0.120 e. The second kappa shape index (κ2) is 18.5. The minimum atomic E-state index is -0.228. The predicted molar refractivity (Wildman–Crippen MR) is 210 cm³/mol. The van der Waals surface area contributed by atoms with Gasteiger partial charge in [-0.05, 0) is 108 Å². The third-order valence-corrected chi connectivity index (χ3v) is 9.68. The molecule has 0 bridgehead atoms. The average Bonchev–Trinajstić information content (AvgIpc) is 3.92. The zero-order valence-corrected chi connectivity index (χ0v) is 29.4. The second-order valence-electron chi connectivity index (χ2n) is 11.5. The van der Waals surface area contributed by atoms with Gasteiger partial charge in [-0.3, -0.25) is 0 Å². The van der Waals surface area contributed by atoms with E-state index in [1.165, 1.54) is 0 Å². The summed E-state index contributed by atoms with van der Waals surface area (Å²) in [5.74, 6) is 1.77. The molecule has 0 spiro atoms. The summed E-state index contributed by atoms with van der Waals surface area (Å²) in [7, 11) is 0. The first-order valence-corrected chi connectivity index (χ1v) is 18.3. The van der Waals surface area contributed by atoms with Gasteiger partial charge in [0.25, 0.3) is 0 Å². The Morgan fingerprint density at radius 3 is 1.31 bits per heavy atom. The number of benzene rings is 4. The second-order valence-corrected chi connectivity index (χ2v) is 13.4. The van der Waals surface area contributed by atoms with E-state index in [2.05, 4.69) is 21.7 Å². The first-order chi connectivity index (χ1) is 25.1. The monoisotopic (exact) mass is 716 g/mol. The topological polar surface area (TPSA) is 107 Å². The summed E-state index contributed by atoms with van der Waals surface area (Å²) < 4.78 is 11.8. The number of ether oxygens (including phenoxy) is 2. The molecule has 4 aromatic carbocycles. The van der Waals surface area contributed by atoms with Crippen LogP contribution in [-0.2, 0) is 0 Å². The van der Waals surface area contributed by atoms with Gasteiger partial charge >= 0.3 is 0 Å². The van der Waals surface area contributed by atoms with Crippen LogP contribution in [0.2, 0.25) is 0 Å². The Balaban J connectivity index is 0.953. The van der Waals surface area contributed by atoms with E-state index in [1.54, 1.807) is 34.8 Å². The highest BCUT2D eigenvalue weighted by molar-refractivity contribution is 7.10. The van der Waals surface area contributed by atoms with E-state index >= 15 is 0 Å². The van der Waals surface area contributed by atoms with Crippen molar-refractivity contribution in [2.45, 2.75) is 18.5 Å². The van der Waals surface area contributed by atoms with Crippen LogP contribution in [0.3, 0.4) is 0 Å². The molecule has 2 unspecified atom stereocenters. The van der Waals surface area contributed by atoms with Crippen molar-refractivity contribution in [1.82, 2.24) is 10.9 Å². The molecule has 6 N–H and O–H groups in total. The van der Waals surface area contributed by atoms with Gasteiger partial charge in [-0.25, -0.2) is 10.9 Å². The molecule has 8 nitrogen and oxygen atoms in total. The summed E-state index contributed by atoms with van der Waals surface area (Å²) in [5, 5.41) is 25.9. The van der Waals surface area contributed by atoms with E-state index in [0.29, 0.717) is 42.3 Å². The van der Waals surface area contributed by atoms with Crippen molar-refractivity contribution in [3.8, 4) is 11.5 Å². The summed E-state index contributed by atoms with van der Waals surface area (Å²) in [6.45, 7) is 0.957. The van der Waals surface area contributed by atoms with Crippen LogP contribution in [0.4, 0.5) is 11.4 Å². The summed E-state index contributed by atoms with van der Waals surface area (Å²) >= 11 is 3.23. The lowest BCUT2D eigenvalue weighted by molar-refractivity contribution is 0.247. The highest BCUT2D eigenvalue weighted by atomic mass is 32.1. The molecule has 0 aliphatic heterocycles. The molecule has 6 aromatic rings. The van der Waals surface area contributed by atoms with Gasteiger partial charge < -0.3 is 30.5 Å². The number of aliphatic hydroxyl groups is 2. The fourth-order valence-electron chi connectivity index (χ4n) is 5.08. The first kappa shape index (κ1) is 35.3. The van der Waals surface area contributed by atoms with Crippen molar-refractivity contribution in [2.24, 2.45) is 0 Å². The van der Waals surface area contributed by atoms with E-state index in [1.807, 2.05) is 144 Å². The number of nitrogens with one attached hydrogen (secondary N) is 4. The Labute approximate surface area is 306 Å². The van der Waals surface area contributed by atoms with Crippen LogP contribution in [0, 0.1) is 0 Å². The lowest BCUT2D eigenvalue weighted by Crippen LogP contribution is -2.25. The molecule has 6 rings (SSSR count). The Morgan fingerprint density at radius 1 is 0.529 bits per heavy atom. The molecule has 0 fully saturated rings. The fourth-order valence-corrected chi connectivity index (χ4v) is 6.57. The minimum Gasteiger partial charge on any atom is -0.508 e. The maximum Gasteiger partial charge on any atom is 0.120 e. The van der Waals surface area contributed by atoms with Crippen LogP contribution in [0.25, 0.3) is 11.5 Å². The largest absolute Gasteiger partial charge is 0.508 e. The molecule has 0 aliphatic carbocycles. The number of hydrogen-bond acceptors (Lipinski definition) is 10. The van der Waals surface area contributed by atoms with Gasteiger partial charge in [0.2, 0.25) is 0 Å². The summed E-state index contributed by atoms with van der Waals surface area (Å²) in [6, 6.07) is 42.1. The van der Waals surface area contributed by atoms with Crippen LogP contribution in [0.1, 0.15) is 39.4 Å². The molecule has 0 saturated heterocycles. The van der Waals surface area contributed by atoms with Crippen LogP contribution < -0.4 is 31.2 Å². The number of para-hydroxylation sites is 2. The summed E-state index contributed by atoms with van der Waals surface area (Å²) in [6.07, 6.45) is 4.27. The predicted octanol–water partition coefficient (Wildman–Crippen LogP) is 10.2. The molecular weight excluding hydrogens is 677 g/mol. The van der Waals surface area contributed by atoms with Crippen molar-refractivity contribution < 1.29 is 19.7 Å². The maximum atomic E-state index is 10.9. The zero-order valence-electron chi connectivity index (χ0n) is 27.8. The summed E-state index contributed by atoms with van der Waals surface area (Å²) in [4.78, 5) is 2.14. The Bertz CT molecular complexity index is 1790. The summed E-state index contributed by atoms with van der Waals surface area (Å²) in [5.41, 5.74) is 16.3. The quantitative estimate of drug-likeness (QED) is 0.0297. The third kappa shape index (κ3) is 10.7. The highest BCUT2D eigenvalue weighted by Gasteiger charge is 2.14. The average molecular weight is 717 g/mol. The molecule has 0 amide bonds. The first-order valence-electron chi connectivity index (χ1n) is 16.6. The molecule has 2 heterocycles. The van der Waals surface area contributed by atoms with Crippen molar-refractivity contribution in [1.29, 1.82) is 0 Å².